The normalized spacial score (nSPS) is 15.6. The van der Waals surface area contributed by atoms with Crippen LogP contribution in [0.1, 0.15) is 29.5 Å². The zero-order valence-electron chi connectivity index (χ0n) is 15.9. The highest BCUT2D eigenvalue weighted by atomic mass is 35.5. The van der Waals surface area contributed by atoms with Gasteiger partial charge in [-0.3, -0.25) is 0 Å². The molecule has 4 nitrogen and oxygen atoms in total. The SMILES string of the molecule is COc1cc(CNCC2CCCO2)ccc1OCc1ccccc1C.Cl.Cl. The van der Waals surface area contributed by atoms with Crippen LogP contribution < -0.4 is 14.8 Å². The highest BCUT2D eigenvalue weighted by Crippen LogP contribution is 2.29. The fraction of sp³-hybridized carbons (Fsp3) is 0.429. The number of ether oxygens (including phenoxy) is 3. The maximum Gasteiger partial charge on any atom is 0.161 e. The second-order valence-electron chi connectivity index (χ2n) is 6.47. The van der Waals surface area contributed by atoms with E-state index in [9.17, 15) is 0 Å². The summed E-state index contributed by atoms with van der Waals surface area (Å²) in [6, 6.07) is 14.4. The minimum atomic E-state index is 0. The van der Waals surface area contributed by atoms with E-state index < -0.39 is 0 Å². The van der Waals surface area contributed by atoms with Crippen LogP contribution in [0.15, 0.2) is 42.5 Å². The van der Waals surface area contributed by atoms with Gasteiger partial charge in [0, 0.05) is 19.7 Å². The lowest BCUT2D eigenvalue weighted by molar-refractivity contribution is 0.110. The minimum absolute atomic E-state index is 0. The molecule has 0 bridgehead atoms. The van der Waals surface area contributed by atoms with Crippen molar-refractivity contribution in [3.05, 3.63) is 59.2 Å². The Kier molecular flexibility index (Phi) is 10.6. The van der Waals surface area contributed by atoms with Crippen LogP contribution in [-0.4, -0.2) is 26.4 Å². The van der Waals surface area contributed by atoms with Gasteiger partial charge in [0.05, 0.1) is 13.2 Å². The number of hydrogen-bond donors (Lipinski definition) is 1. The number of aryl methyl sites for hydroxylation is 1. The largest absolute Gasteiger partial charge is 0.493 e. The number of hydrogen-bond acceptors (Lipinski definition) is 4. The summed E-state index contributed by atoms with van der Waals surface area (Å²) in [5, 5.41) is 3.46. The van der Waals surface area contributed by atoms with Crippen molar-refractivity contribution in [3.63, 3.8) is 0 Å². The molecule has 1 saturated heterocycles. The molecule has 1 unspecified atom stereocenters. The molecule has 1 N–H and O–H groups in total. The van der Waals surface area contributed by atoms with Gasteiger partial charge in [-0.1, -0.05) is 30.3 Å². The van der Waals surface area contributed by atoms with Gasteiger partial charge in [-0.15, -0.1) is 24.8 Å². The monoisotopic (exact) mass is 413 g/mol. The third-order valence-electron chi connectivity index (χ3n) is 4.60. The van der Waals surface area contributed by atoms with Crippen LogP contribution in [0.25, 0.3) is 0 Å². The summed E-state index contributed by atoms with van der Waals surface area (Å²) < 4.78 is 17.1. The van der Waals surface area contributed by atoms with Crippen LogP contribution in [0.2, 0.25) is 0 Å². The van der Waals surface area contributed by atoms with Crippen molar-refractivity contribution >= 4 is 24.8 Å². The molecule has 1 aliphatic heterocycles. The molecule has 1 fully saturated rings. The van der Waals surface area contributed by atoms with Gasteiger partial charge in [-0.2, -0.15) is 0 Å². The maximum absolute atomic E-state index is 5.97. The summed E-state index contributed by atoms with van der Waals surface area (Å²) in [6.45, 7) is 5.23. The van der Waals surface area contributed by atoms with Crippen molar-refractivity contribution < 1.29 is 14.2 Å². The van der Waals surface area contributed by atoms with Crippen LogP contribution in [0.3, 0.4) is 0 Å². The van der Waals surface area contributed by atoms with Crippen molar-refractivity contribution in [1.29, 1.82) is 0 Å². The first-order valence-electron chi connectivity index (χ1n) is 8.93. The van der Waals surface area contributed by atoms with Crippen molar-refractivity contribution in [2.45, 2.75) is 39.0 Å². The lowest BCUT2D eigenvalue weighted by atomic mass is 10.1. The first-order valence-corrected chi connectivity index (χ1v) is 8.93. The Morgan fingerprint density at radius 3 is 2.63 bits per heavy atom. The van der Waals surface area contributed by atoms with Gasteiger partial charge < -0.3 is 19.5 Å². The van der Waals surface area contributed by atoms with Crippen molar-refractivity contribution in [2.24, 2.45) is 0 Å². The van der Waals surface area contributed by atoms with Crippen molar-refractivity contribution in [1.82, 2.24) is 5.32 Å². The van der Waals surface area contributed by atoms with E-state index in [2.05, 4.69) is 30.4 Å². The molecule has 0 aromatic heterocycles. The quantitative estimate of drug-likeness (QED) is 0.680. The summed E-state index contributed by atoms with van der Waals surface area (Å²) >= 11 is 0. The number of nitrogens with one attached hydrogen (secondary N) is 1. The third-order valence-corrected chi connectivity index (χ3v) is 4.60. The zero-order chi connectivity index (χ0) is 17.5. The predicted molar refractivity (Wildman–Crippen MR) is 114 cm³/mol. The number of halogens is 2. The Balaban J connectivity index is 0.00000182. The Bertz CT molecular complexity index is 691. The lowest BCUT2D eigenvalue weighted by Crippen LogP contribution is -2.25. The topological polar surface area (TPSA) is 39.7 Å². The van der Waals surface area contributed by atoms with Gasteiger partial charge in [0.1, 0.15) is 6.61 Å². The second kappa shape index (κ2) is 12.1. The number of benzene rings is 2. The van der Waals surface area contributed by atoms with Crippen LogP contribution in [0, 0.1) is 6.92 Å². The highest BCUT2D eigenvalue weighted by molar-refractivity contribution is 5.85. The van der Waals surface area contributed by atoms with Crippen LogP contribution in [0.4, 0.5) is 0 Å². The fourth-order valence-corrected chi connectivity index (χ4v) is 3.05. The first kappa shape index (κ1) is 23.6. The van der Waals surface area contributed by atoms with E-state index in [-0.39, 0.29) is 24.8 Å². The Hall–Kier alpha value is -1.46. The predicted octanol–water partition coefficient (Wildman–Crippen LogP) is 4.69. The van der Waals surface area contributed by atoms with Gasteiger partial charge in [0.15, 0.2) is 11.5 Å². The summed E-state index contributed by atoms with van der Waals surface area (Å²) in [4.78, 5) is 0. The van der Waals surface area contributed by atoms with Crippen LogP contribution >= 0.6 is 24.8 Å². The average Bonchev–Trinajstić information content (AvgIpc) is 3.15. The fourth-order valence-electron chi connectivity index (χ4n) is 3.05. The zero-order valence-corrected chi connectivity index (χ0v) is 17.5. The molecule has 0 saturated carbocycles. The average molecular weight is 414 g/mol. The summed E-state index contributed by atoms with van der Waals surface area (Å²) in [5.74, 6) is 1.54. The first-order chi connectivity index (χ1) is 12.3. The Morgan fingerprint density at radius 1 is 1.11 bits per heavy atom. The molecule has 0 amide bonds. The molecule has 1 aliphatic rings. The van der Waals surface area contributed by atoms with E-state index in [1.807, 2.05) is 24.3 Å². The van der Waals surface area contributed by atoms with E-state index in [1.165, 1.54) is 23.1 Å². The molecular formula is C21H29Cl2NO3. The van der Waals surface area contributed by atoms with Crippen LogP contribution in [-0.2, 0) is 17.9 Å². The van der Waals surface area contributed by atoms with Gasteiger partial charge in [0.2, 0.25) is 0 Å². The molecule has 2 aromatic rings. The summed E-state index contributed by atoms with van der Waals surface area (Å²) in [7, 11) is 1.68. The Morgan fingerprint density at radius 2 is 1.93 bits per heavy atom. The molecule has 0 aliphatic carbocycles. The van der Waals surface area contributed by atoms with Gasteiger partial charge in [-0.25, -0.2) is 0 Å². The molecule has 1 atom stereocenters. The smallest absolute Gasteiger partial charge is 0.161 e. The molecule has 0 radical (unpaired) electrons. The van der Waals surface area contributed by atoms with E-state index in [0.717, 1.165) is 37.6 Å². The highest BCUT2D eigenvalue weighted by Gasteiger charge is 2.14. The molecule has 0 spiro atoms. The van der Waals surface area contributed by atoms with E-state index >= 15 is 0 Å². The second-order valence-corrected chi connectivity index (χ2v) is 6.47. The van der Waals surface area contributed by atoms with Gasteiger partial charge in [0.25, 0.3) is 0 Å². The van der Waals surface area contributed by atoms with Crippen molar-refractivity contribution in [2.75, 3.05) is 20.3 Å². The molecular weight excluding hydrogens is 385 g/mol. The van der Waals surface area contributed by atoms with Crippen LogP contribution in [0.5, 0.6) is 11.5 Å². The molecule has 150 valence electrons. The van der Waals surface area contributed by atoms with Gasteiger partial charge in [-0.05, 0) is 48.6 Å². The summed E-state index contributed by atoms with van der Waals surface area (Å²) in [6.07, 6.45) is 2.69. The van der Waals surface area contributed by atoms with Gasteiger partial charge >= 0.3 is 0 Å². The molecule has 3 rings (SSSR count). The van der Waals surface area contributed by atoms with E-state index in [0.29, 0.717) is 12.7 Å². The summed E-state index contributed by atoms with van der Waals surface area (Å²) in [5.41, 5.74) is 3.60. The number of methoxy groups -OCH3 is 1. The molecule has 2 aromatic carbocycles. The number of rotatable bonds is 8. The standard InChI is InChI=1S/C21H27NO3.2ClH/c1-16-6-3-4-7-18(16)15-25-20-10-9-17(12-21(20)23-2)13-22-14-19-8-5-11-24-19;;/h3-4,6-7,9-10,12,19,22H,5,8,11,13-15H2,1-2H3;2*1H. The minimum Gasteiger partial charge on any atom is -0.493 e. The van der Waals surface area contributed by atoms with E-state index in [4.69, 9.17) is 14.2 Å². The lowest BCUT2D eigenvalue weighted by Gasteiger charge is -2.14. The van der Waals surface area contributed by atoms with Crippen molar-refractivity contribution in [3.8, 4) is 11.5 Å². The maximum atomic E-state index is 5.97. The Labute approximate surface area is 174 Å². The van der Waals surface area contributed by atoms with E-state index in [1.54, 1.807) is 7.11 Å². The molecule has 6 heteroatoms. The third kappa shape index (κ3) is 6.89. The molecule has 1 heterocycles. The molecule has 27 heavy (non-hydrogen) atoms.